The van der Waals surface area contributed by atoms with Crippen LogP contribution in [0.5, 0.6) is 0 Å². The number of likely N-dealkylation sites (N-methyl/N-ethyl adjacent to an activating group) is 1. The average molecular weight is 377 g/mol. The lowest BCUT2D eigenvalue weighted by molar-refractivity contribution is -0.126. The summed E-state index contributed by atoms with van der Waals surface area (Å²) < 4.78 is 13.8. The summed E-state index contributed by atoms with van der Waals surface area (Å²) in [5.41, 5.74) is 0.740. The second kappa shape index (κ2) is 10.2. The highest BCUT2D eigenvalue weighted by molar-refractivity contribution is 5.78. The Labute approximate surface area is 162 Å². The minimum absolute atomic E-state index is 0.102. The van der Waals surface area contributed by atoms with E-state index >= 15 is 0 Å². The minimum atomic E-state index is -0.141. The number of piperazine rings is 1. The van der Waals surface area contributed by atoms with Crippen LogP contribution in [0.15, 0.2) is 24.3 Å². The average Bonchev–Trinajstić information content (AvgIpc) is 2.69. The van der Waals surface area contributed by atoms with Gasteiger partial charge in [0.05, 0.1) is 0 Å². The Morgan fingerprint density at radius 3 is 2.48 bits per heavy atom. The number of rotatable bonds is 7. The van der Waals surface area contributed by atoms with Crippen LogP contribution in [0.25, 0.3) is 0 Å². The zero-order chi connectivity index (χ0) is 19.1. The third kappa shape index (κ3) is 6.26. The number of benzene rings is 1. The fourth-order valence-corrected chi connectivity index (χ4v) is 3.95. The molecule has 5 nitrogen and oxygen atoms in total. The van der Waals surface area contributed by atoms with Gasteiger partial charge in [-0.05, 0) is 52.0 Å². The molecule has 0 aromatic heterocycles. The largest absolute Gasteiger partial charge is 0.356 e. The molecule has 0 atom stereocenters. The monoisotopic (exact) mass is 376 g/mol. The number of likely N-dealkylation sites (tertiary alicyclic amines) is 1. The number of halogens is 1. The highest BCUT2D eigenvalue weighted by Crippen LogP contribution is 2.20. The van der Waals surface area contributed by atoms with Crippen molar-refractivity contribution in [1.29, 1.82) is 0 Å². The standard InChI is InChI=1S/C21H33FN4O/c1-24-13-15-25(16-14-24)10-4-9-23-21(27)18-7-11-26(12-8-18)17-19-5-2-3-6-20(19)22/h2-3,5-6,18H,4,7-17H2,1H3,(H,23,27). The van der Waals surface area contributed by atoms with Gasteiger partial charge in [-0.25, -0.2) is 4.39 Å². The minimum Gasteiger partial charge on any atom is -0.356 e. The molecular weight excluding hydrogens is 343 g/mol. The lowest BCUT2D eigenvalue weighted by atomic mass is 9.95. The van der Waals surface area contributed by atoms with Gasteiger partial charge in [-0.2, -0.15) is 0 Å². The molecule has 1 aromatic carbocycles. The van der Waals surface area contributed by atoms with E-state index in [1.54, 1.807) is 6.07 Å². The predicted molar refractivity (Wildman–Crippen MR) is 106 cm³/mol. The lowest BCUT2D eigenvalue weighted by Gasteiger charge is -2.32. The summed E-state index contributed by atoms with van der Waals surface area (Å²) in [5.74, 6) is 0.155. The first-order valence-corrected chi connectivity index (χ1v) is 10.3. The van der Waals surface area contributed by atoms with Gasteiger partial charge in [-0.15, -0.1) is 0 Å². The molecule has 2 aliphatic rings. The van der Waals surface area contributed by atoms with Crippen LogP contribution in [0.3, 0.4) is 0 Å². The first-order valence-electron chi connectivity index (χ1n) is 10.3. The van der Waals surface area contributed by atoms with Gasteiger partial charge in [0.25, 0.3) is 0 Å². The Bertz CT molecular complexity index is 596. The van der Waals surface area contributed by atoms with Crippen LogP contribution in [-0.2, 0) is 11.3 Å². The lowest BCUT2D eigenvalue weighted by Crippen LogP contribution is -2.45. The number of piperidine rings is 1. The Hall–Kier alpha value is -1.50. The van der Waals surface area contributed by atoms with E-state index in [2.05, 4.69) is 27.1 Å². The number of amides is 1. The van der Waals surface area contributed by atoms with Crippen molar-refractivity contribution in [1.82, 2.24) is 20.0 Å². The van der Waals surface area contributed by atoms with Crippen LogP contribution >= 0.6 is 0 Å². The highest BCUT2D eigenvalue weighted by Gasteiger charge is 2.25. The van der Waals surface area contributed by atoms with Crippen molar-refractivity contribution in [2.75, 3.05) is 59.4 Å². The third-order valence-corrected chi connectivity index (χ3v) is 5.86. The molecule has 0 unspecified atom stereocenters. The van der Waals surface area contributed by atoms with Gasteiger partial charge in [0.15, 0.2) is 0 Å². The first kappa shape index (κ1) is 20.2. The topological polar surface area (TPSA) is 38.8 Å². The van der Waals surface area contributed by atoms with Crippen LogP contribution in [0.4, 0.5) is 4.39 Å². The summed E-state index contributed by atoms with van der Waals surface area (Å²) in [6, 6.07) is 6.95. The molecule has 0 aliphatic carbocycles. The van der Waals surface area contributed by atoms with Crippen molar-refractivity contribution in [2.24, 2.45) is 5.92 Å². The van der Waals surface area contributed by atoms with Crippen molar-refractivity contribution in [3.8, 4) is 0 Å². The summed E-state index contributed by atoms with van der Waals surface area (Å²) >= 11 is 0. The number of carbonyl (C=O) groups excluding carboxylic acids is 1. The molecular formula is C21H33FN4O. The second-order valence-corrected chi connectivity index (χ2v) is 7.93. The summed E-state index contributed by atoms with van der Waals surface area (Å²) in [6.07, 6.45) is 2.74. The van der Waals surface area contributed by atoms with E-state index in [9.17, 15) is 9.18 Å². The summed E-state index contributed by atoms with van der Waals surface area (Å²) in [7, 11) is 2.17. The molecule has 2 heterocycles. The Morgan fingerprint density at radius 2 is 1.78 bits per heavy atom. The van der Waals surface area contributed by atoms with Crippen molar-refractivity contribution >= 4 is 5.91 Å². The SMILES string of the molecule is CN1CCN(CCCNC(=O)C2CCN(Cc3ccccc3F)CC2)CC1. The number of carbonyl (C=O) groups is 1. The molecule has 1 N–H and O–H groups in total. The number of nitrogens with one attached hydrogen (secondary N) is 1. The molecule has 2 saturated heterocycles. The van der Waals surface area contributed by atoms with Crippen molar-refractivity contribution in [3.63, 3.8) is 0 Å². The van der Waals surface area contributed by atoms with Gasteiger partial charge in [-0.1, -0.05) is 18.2 Å². The molecule has 27 heavy (non-hydrogen) atoms. The van der Waals surface area contributed by atoms with Crippen LogP contribution < -0.4 is 5.32 Å². The molecule has 1 aromatic rings. The Morgan fingerprint density at radius 1 is 1.07 bits per heavy atom. The molecule has 1 amide bonds. The molecule has 150 valence electrons. The van der Waals surface area contributed by atoms with Gasteiger partial charge in [0.2, 0.25) is 5.91 Å². The van der Waals surface area contributed by atoms with E-state index < -0.39 is 0 Å². The van der Waals surface area contributed by atoms with E-state index in [1.807, 2.05) is 12.1 Å². The van der Waals surface area contributed by atoms with Gasteiger partial charge in [0, 0.05) is 50.7 Å². The third-order valence-electron chi connectivity index (χ3n) is 5.86. The summed E-state index contributed by atoms with van der Waals surface area (Å²) in [4.78, 5) is 19.5. The number of nitrogens with zero attached hydrogens (tertiary/aromatic N) is 3. The van der Waals surface area contributed by atoms with Gasteiger partial charge in [0.1, 0.15) is 5.82 Å². The van der Waals surface area contributed by atoms with Gasteiger partial charge < -0.3 is 15.1 Å². The fourth-order valence-electron chi connectivity index (χ4n) is 3.95. The van der Waals surface area contributed by atoms with Gasteiger partial charge >= 0.3 is 0 Å². The quantitative estimate of drug-likeness (QED) is 0.737. The van der Waals surface area contributed by atoms with Crippen LogP contribution in [0.2, 0.25) is 0 Å². The maximum atomic E-state index is 13.8. The summed E-state index contributed by atoms with van der Waals surface area (Å²) in [6.45, 7) is 8.70. The molecule has 6 heteroatoms. The molecule has 2 fully saturated rings. The number of hydrogen-bond donors (Lipinski definition) is 1. The van der Waals surface area contributed by atoms with E-state index in [0.717, 1.165) is 77.2 Å². The molecule has 3 rings (SSSR count). The van der Waals surface area contributed by atoms with E-state index in [1.165, 1.54) is 6.07 Å². The molecule has 2 aliphatic heterocycles. The van der Waals surface area contributed by atoms with Crippen molar-refractivity contribution in [2.45, 2.75) is 25.8 Å². The van der Waals surface area contributed by atoms with E-state index in [0.29, 0.717) is 6.54 Å². The predicted octanol–water partition coefficient (Wildman–Crippen LogP) is 1.79. The smallest absolute Gasteiger partial charge is 0.223 e. The van der Waals surface area contributed by atoms with E-state index in [4.69, 9.17) is 0 Å². The van der Waals surface area contributed by atoms with Crippen LogP contribution in [0.1, 0.15) is 24.8 Å². The maximum absolute atomic E-state index is 13.8. The Balaban J connectivity index is 1.30. The summed E-state index contributed by atoms with van der Waals surface area (Å²) in [5, 5.41) is 3.12. The fraction of sp³-hybridized carbons (Fsp3) is 0.667. The molecule has 0 saturated carbocycles. The molecule has 0 bridgehead atoms. The zero-order valence-corrected chi connectivity index (χ0v) is 16.5. The normalized spacial score (nSPS) is 20.7. The number of hydrogen-bond acceptors (Lipinski definition) is 4. The highest BCUT2D eigenvalue weighted by atomic mass is 19.1. The van der Waals surface area contributed by atoms with Crippen LogP contribution in [0, 0.1) is 11.7 Å². The van der Waals surface area contributed by atoms with Gasteiger partial charge in [-0.3, -0.25) is 9.69 Å². The maximum Gasteiger partial charge on any atom is 0.223 e. The van der Waals surface area contributed by atoms with Crippen molar-refractivity contribution < 1.29 is 9.18 Å². The Kier molecular flexibility index (Phi) is 7.61. The molecule has 0 spiro atoms. The first-order chi connectivity index (χ1) is 13.1. The zero-order valence-electron chi connectivity index (χ0n) is 16.5. The van der Waals surface area contributed by atoms with E-state index in [-0.39, 0.29) is 17.6 Å². The molecule has 0 radical (unpaired) electrons. The van der Waals surface area contributed by atoms with Crippen LogP contribution in [-0.4, -0.2) is 80.0 Å². The van der Waals surface area contributed by atoms with Crippen molar-refractivity contribution in [3.05, 3.63) is 35.6 Å². The second-order valence-electron chi connectivity index (χ2n) is 7.93.